The Hall–Kier alpha value is -1.55. The van der Waals surface area contributed by atoms with Crippen LogP contribution in [0.15, 0.2) is 12.1 Å². The highest BCUT2D eigenvalue weighted by Crippen LogP contribution is 2.28. The van der Waals surface area contributed by atoms with Gasteiger partial charge in [-0.05, 0) is 31.0 Å². The maximum absolute atomic E-state index is 11.6. The molecule has 0 fully saturated rings. The van der Waals surface area contributed by atoms with Gasteiger partial charge in [-0.2, -0.15) is 0 Å². The molecule has 0 bridgehead atoms. The molecule has 94 valence electrons. The van der Waals surface area contributed by atoms with E-state index in [4.69, 9.17) is 0 Å². The highest BCUT2D eigenvalue weighted by atomic mass is 16.3. The van der Waals surface area contributed by atoms with E-state index < -0.39 is 0 Å². The normalized spacial score (nSPS) is 10.6. The van der Waals surface area contributed by atoms with Gasteiger partial charge in [0.2, 0.25) is 5.91 Å². The summed E-state index contributed by atoms with van der Waals surface area (Å²) in [7, 11) is 0. The number of benzene rings is 1. The van der Waals surface area contributed by atoms with E-state index in [1.165, 1.54) is 0 Å². The Morgan fingerprint density at radius 1 is 1.35 bits per heavy atom. The van der Waals surface area contributed by atoms with Crippen LogP contribution < -0.4 is 10.6 Å². The van der Waals surface area contributed by atoms with E-state index in [2.05, 4.69) is 10.6 Å². The minimum Gasteiger partial charge on any atom is -0.505 e. The monoisotopic (exact) mass is 236 g/mol. The van der Waals surface area contributed by atoms with Crippen molar-refractivity contribution in [3.63, 3.8) is 0 Å². The Labute approximate surface area is 102 Å². The highest BCUT2D eigenvalue weighted by Gasteiger charge is 2.09. The molecule has 1 aromatic carbocycles. The lowest BCUT2D eigenvalue weighted by molar-refractivity contribution is -0.115. The number of amides is 1. The first kappa shape index (κ1) is 13.5. The van der Waals surface area contributed by atoms with Gasteiger partial charge in [0, 0.05) is 6.04 Å². The number of nitrogens with one attached hydrogen (secondary N) is 2. The topological polar surface area (TPSA) is 61.4 Å². The smallest absolute Gasteiger partial charge is 0.238 e. The van der Waals surface area contributed by atoms with Crippen molar-refractivity contribution in [3.05, 3.63) is 23.3 Å². The Morgan fingerprint density at radius 2 is 2.00 bits per heavy atom. The van der Waals surface area contributed by atoms with Crippen molar-refractivity contribution < 1.29 is 9.90 Å². The van der Waals surface area contributed by atoms with Gasteiger partial charge in [-0.1, -0.05) is 19.9 Å². The van der Waals surface area contributed by atoms with Crippen LogP contribution in [-0.4, -0.2) is 23.6 Å². The number of hydrogen-bond acceptors (Lipinski definition) is 3. The van der Waals surface area contributed by atoms with E-state index in [-0.39, 0.29) is 24.2 Å². The molecular weight excluding hydrogens is 216 g/mol. The summed E-state index contributed by atoms with van der Waals surface area (Å²) in [6.07, 6.45) is 0. The van der Waals surface area contributed by atoms with E-state index in [1.54, 1.807) is 6.07 Å². The van der Waals surface area contributed by atoms with Crippen molar-refractivity contribution in [2.45, 2.75) is 33.7 Å². The van der Waals surface area contributed by atoms with Gasteiger partial charge in [-0.3, -0.25) is 4.79 Å². The second kappa shape index (κ2) is 5.68. The Bertz CT molecular complexity index is 414. The second-order valence-corrected chi connectivity index (χ2v) is 4.56. The molecule has 3 N–H and O–H groups in total. The number of phenols is 1. The number of aryl methyl sites for hydroxylation is 2. The van der Waals surface area contributed by atoms with Crippen LogP contribution >= 0.6 is 0 Å². The van der Waals surface area contributed by atoms with Crippen molar-refractivity contribution in [1.29, 1.82) is 0 Å². The highest BCUT2D eigenvalue weighted by molar-refractivity contribution is 5.94. The van der Waals surface area contributed by atoms with E-state index in [9.17, 15) is 9.90 Å². The molecule has 0 saturated heterocycles. The molecule has 0 aliphatic carbocycles. The largest absolute Gasteiger partial charge is 0.505 e. The lowest BCUT2D eigenvalue weighted by Crippen LogP contribution is -2.32. The van der Waals surface area contributed by atoms with E-state index in [0.717, 1.165) is 11.1 Å². The van der Waals surface area contributed by atoms with Crippen LogP contribution in [0.2, 0.25) is 0 Å². The van der Waals surface area contributed by atoms with Crippen molar-refractivity contribution in [1.82, 2.24) is 5.32 Å². The molecule has 0 heterocycles. The number of carbonyl (C=O) groups excluding carboxylic acids is 1. The van der Waals surface area contributed by atoms with Gasteiger partial charge in [-0.25, -0.2) is 0 Å². The van der Waals surface area contributed by atoms with Crippen LogP contribution in [0.4, 0.5) is 5.69 Å². The molecule has 1 aromatic rings. The fourth-order valence-electron chi connectivity index (χ4n) is 1.55. The van der Waals surface area contributed by atoms with E-state index in [1.807, 2.05) is 33.8 Å². The third-order valence-corrected chi connectivity index (χ3v) is 2.39. The molecule has 0 aliphatic heterocycles. The van der Waals surface area contributed by atoms with Crippen LogP contribution in [0.3, 0.4) is 0 Å². The Morgan fingerprint density at radius 3 is 2.59 bits per heavy atom. The molecule has 0 radical (unpaired) electrons. The fourth-order valence-corrected chi connectivity index (χ4v) is 1.55. The summed E-state index contributed by atoms with van der Waals surface area (Å²) in [5.74, 6) is -0.0208. The molecule has 0 aliphatic rings. The zero-order valence-electron chi connectivity index (χ0n) is 10.8. The molecule has 0 unspecified atom stereocenters. The maximum atomic E-state index is 11.6. The molecule has 17 heavy (non-hydrogen) atoms. The number of anilines is 1. The summed E-state index contributed by atoms with van der Waals surface area (Å²) >= 11 is 0. The first-order chi connectivity index (χ1) is 7.90. The predicted octanol–water partition coefficient (Wildman–Crippen LogP) is 1.95. The fraction of sp³-hybridized carbons (Fsp3) is 0.462. The van der Waals surface area contributed by atoms with Crippen molar-refractivity contribution in [2.24, 2.45) is 0 Å². The molecule has 0 spiro atoms. The molecule has 4 nitrogen and oxygen atoms in total. The zero-order valence-corrected chi connectivity index (χ0v) is 10.8. The molecule has 0 aromatic heterocycles. The summed E-state index contributed by atoms with van der Waals surface area (Å²) < 4.78 is 0. The van der Waals surface area contributed by atoms with Crippen LogP contribution in [-0.2, 0) is 4.79 Å². The molecule has 0 atom stereocenters. The van der Waals surface area contributed by atoms with Gasteiger partial charge >= 0.3 is 0 Å². The third kappa shape index (κ3) is 4.07. The van der Waals surface area contributed by atoms with Gasteiger partial charge in [0.15, 0.2) is 0 Å². The second-order valence-electron chi connectivity index (χ2n) is 4.56. The van der Waals surface area contributed by atoms with Gasteiger partial charge in [0.1, 0.15) is 5.75 Å². The minimum atomic E-state index is -0.154. The lowest BCUT2D eigenvalue weighted by Gasteiger charge is -2.12. The van der Waals surface area contributed by atoms with E-state index in [0.29, 0.717) is 5.69 Å². The number of carbonyl (C=O) groups is 1. The van der Waals surface area contributed by atoms with Crippen molar-refractivity contribution >= 4 is 11.6 Å². The number of aromatic hydroxyl groups is 1. The number of hydrogen-bond donors (Lipinski definition) is 3. The first-order valence-electron chi connectivity index (χ1n) is 5.73. The SMILES string of the molecule is Cc1cc(C)c(O)c(NC(=O)CNC(C)C)c1. The summed E-state index contributed by atoms with van der Waals surface area (Å²) in [5, 5.41) is 15.5. The Kier molecular flexibility index (Phi) is 4.52. The van der Waals surface area contributed by atoms with Gasteiger partial charge < -0.3 is 15.7 Å². The van der Waals surface area contributed by atoms with Crippen LogP contribution in [0.25, 0.3) is 0 Å². The molecule has 1 amide bonds. The first-order valence-corrected chi connectivity index (χ1v) is 5.73. The Balaban J connectivity index is 2.71. The van der Waals surface area contributed by atoms with Crippen LogP contribution in [0.5, 0.6) is 5.75 Å². The van der Waals surface area contributed by atoms with Gasteiger partial charge in [0.25, 0.3) is 0 Å². The predicted molar refractivity (Wildman–Crippen MR) is 69.3 cm³/mol. The maximum Gasteiger partial charge on any atom is 0.238 e. The number of rotatable bonds is 4. The average molecular weight is 236 g/mol. The quantitative estimate of drug-likeness (QED) is 0.700. The van der Waals surface area contributed by atoms with E-state index >= 15 is 0 Å². The molecule has 1 rings (SSSR count). The summed E-state index contributed by atoms with van der Waals surface area (Å²) in [6.45, 7) is 7.92. The summed E-state index contributed by atoms with van der Waals surface area (Å²) in [5.41, 5.74) is 2.24. The van der Waals surface area contributed by atoms with Crippen molar-refractivity contribution in [2.75, 3.05) is 11.9 Å². The number of phenolic OH excluding ortho intramolecular Hbond substituents is 1. The zero-order chi connectivity index (χ0) is 13.0. The third-order valence-electron chi connectivity index (χ3n) is 2.39. The molecule has 0 saturated carbocycles. The van der Waals surface area contributed by atoms with Gasteiger partial charge in [-0.15, -0.1) is 0 Å². The summed E-state index contributed by atoms with van der Waals surface area (Å²) in [4.78, 5) is 11.6. The molecular formula is C13H20N2O2. The lowest BCUT2D eigenvalue weighted by atomic mass is 10.1. The van der Waals surface area contributed by atoms with Crippen LogP contribution in [0, 0.1) is 13.8 Å². The standard InChI is InChI=1S/C13H20N2O2/c1-8(2)14-7-12(16)15-11-6-9(3)5-10(4)13(11)17/h5-6,8,14,17H,7H2,1-4H3,(H,15,16). The van der Waals surface area contributed by atoms with Gasteiger partial charge in [0.05, 0.1) is 12.2 Å². The minimum absolute atomic E-state index is 0.133. The average Bonchev–Trinajstić information content (AvgIpc) is 2.22. The summed E-state index contributed by atoms with van der Waals surface area (Å²) in [6, 6.07) is 3.89. The van der Waals surface area contributed by atoms with Crippen LogP contribution in [0.1, 0.15) is 25.0 Å². The molecule has 4 heteroatoms. The van der Waals surface area contributed by atoms with Crippen molar-refractivity contribution in [3.8, 4) is 5.75 Å².